The van der Waals surface area contributed by atoms with E-state index in [1.54, 1.807) is 36.4 Å². The van der Waals surface area contributed by atoms with E-state index in [1.165, 1.54) is 12.0 Å². The zero-order valence-electron chi connectivity index (χ0n) is 19.8. The zero-order chi connectivity index (χ0) is 26.5. The van der Waals surface area contributed by atoms with Crippen molar-refractivity contribution in [1.82, 2.24) is 0 Å². The molecule has 1 N–H and O–H groups in total. The molecule has 1 saturated heterocycles. The van der Waals surface area contributed by atoms with Crippen molar-refractivity contribution < 1.29 is 19.4 Å². The highest BCUT2D eigenvalue weighted by atomic mass is 79.9. The molecule has 1 aliphatic carbocycles. The molecular weight excluding hydrogens is 622 g/mol. The molecule has 1 heterocycles. The Morgan fingerprint density at radius 2 is 1.84 bits per heavy atom. The van der Waals surface area contributed by atoms with E-state index in [-0.39, 0.29) is 23.3 Å². The maximum atomic E-state index is 14.7. The van der Waals surface area contributed by atoms with Gasteiger partial charge in [-0.25, -0.2) is 4.90 Å². The number of amides is 2. The van der Waals surface area contributed by atoms with Crippen LogP contribution >= 0.6 is 43.5 Å². The number of anilines is 1. The maximum absolute atomic E-state index is 14.7. The summed E-state index contributed by atoms with van der Waals surface area (Å²) in [5.74, 6) is -1.77. The Kier molecular flexibility index (Phi) is 6.81. The smallest absolute Gasteiger partial charge is 0.246 e. The van der Waals surface area contributed by atoms with Crippen LogP contribution in [0.5, 0.6) is 11.5 Å². The van der Waals surface area contributed by atoms with Crippen molar-refractivity contribution in [2.45, 2.75) is 17.8 Å². The summed E-state index contributed by atoms with van der Waals surface area (Å²) in [6, 6.07) is 17.9. The minimum atomic E-state index is -1.29. The zero-order valence-corrected chi connectivity index (χ0v) is 23.7. The van der Waals surface area contributed by atoms with Gasteiger partial charge in [0.25, 0.3) is 0 Å². The minimum absolute atomic E-state index is 0.0715. The quantitative estimate of drug-likeness (QED) is 0.296. The molecule has 0 saturated carbocycles. The average molecular weight is 644 g/mol. The lowest BCUT2D eigenvalue weighted by molar-refractivity contribution is -0.123. The van der Waals surface area contributed by atoms with Crippen molar-refractivity contribution in [3.8, 4) is 11.5 Å². The number of aromatic hydroxyl groups is 1. The molecule has 0 bridgehead atoms. The molecule has 3 atom stereocenters. The van der Waals surface area contributed by atoms with Crippen LogP contribution in [0.4, 0.5) is 5.69 Å². The molecule has 0 aromatic heterocycles. The molecule has 5 rings (SSSR count). The van der Waals surface area contributed by atoms with Gasteiger partial charge in [-0.05, 0) is 79.2 Å². The first-order chi connectivity index (χ1) is 17.8. The first-order valence-corrected chi connectivity index (χ1v) is 13.5. The predicted octanol–water partition coefficient (Wildman–Crippen LogP) is 7.31. The van der Waals surface area contributed by atoms with Gasteiger partial charge < -0.3 is 9.84 Å². The van der Waals surface area contributed by atoms with Gasteiger partial charge in [0.05, 0.1) is 28.6 Å². The number of nitrogens with zero attached hydrogens (tertiary/aromatic N) is 1. The summed E-state index contributed by atoms with van der Waals surface area (Å²) in [7, 11) is 1.46. The summed E-state index contributed by atoms with van der Waals surface area (Å²) in [5.41, 5.74) is 1.33. The van der Waals surface area contributed by atoms with Crippen LogP contribution < -0.4 is 9.64 Å². The second-order valence-electron chi connectivity index (χ2n) is 8.97. The van der Waals surface area contributed by atoms with Crippen molar-refractivity contribution in [2.75, 3.05) is 12.0 Å². The first kappa shape index (κ1) is 25.8. The molecule has 0 spiro atoms. The Hall–Kier alpha value is -2.87. The monoisotopic (exact) mass is 641 g/mol. The summed E-state index contributed by atoms with van der Waals surface area (Å²) in [6.45, 7) is 4.04. The second-order valence-corrected chi connectivity index (χ2v) is 11.0. The second kappa shape index (κ2) is 9.78. The van der Waals surface area contributed by atoms with Gasteiger partial charge in [0.15, 0.2) is 11.5 Å². The number of hydrogen-bond donors (Lipinski definition) is 1. The van der Waals surface area contributed by atoms with E-state index in [0.717, 1.165) is 11.1 Å². The third-order valence-corrected chi connectivity index (χ3v) is 9.66. The highest BCUT2D eigenvalue weighted by molar-refractivity contribution is 9.13. The Balaban J connectivity index is 1.86. The predicted molar refractivity (Wildman–Crippen MR) is 151 cm³/mol. The highest BCUT2D eigenvalue weighted by Gasteiger charge is 2.66. The molecule has 8 heteroatoms. The van der Waals surface area contributed by atoms with Gasteiger partial charge in [-0.2, -0.15) is 0 Å². The van der Waals surface area contributed by atoms with Crippen LogP contribution in [0.1, 0.15) is 23.5 Å². The number of carbonyl (C=O) groups excluding carboxylic acids is 2. The summed E-state index contributed by atoms with van der Waals surface area (Å²) >= 11 is 13.4. The Morgan fingerprint density at radius 1 is 1.11 bits per heavy atom. The van der Waals surface area contributed by atoms with Crippen LogP contribution in [0.3, 0.4) is 0 Å². The number of fused-ring (bicyclic) bond motifs is 1. The number of carbonyl (C=O) groups is 2. The van der Waals surface area contributed by atoms with Gasteiger partial charge in [-0.1, -0.05) is 66.7 Å². The van der Waals surface area contributed by atoms with E-state index in [0.29, 0.717) is 31.6 Å². The lowest BCUT2D eigenvalue weighted by Gasteiger charge is -2.43. The number of benzene rings is 3. The van der Waals surface area contributed by atoms with Gasteiger partial charge in [0, 0.05) is 15.4 Å². The van der Waals surface area contributed by atoms with Gasteiger partial charge >= 0.3 is 0 Å². The molecule has 1 fully saturated rings. The fourth-order valence-electron chi connectivity index (χ4n) is 5.70. The number of phenolic OH excluding ortho intramolecular Hbond substituents is 1. The van der Waals surface area contributed by atoms with Crippen molar-refractivity contribution in [3.05, 3.63) is 110 Å². The Bertz CT molecular complexity index is 1470. The summed E-state index contributed by atoms with van der Waals surface area (Å²) in [6.07, 6.45) is 4.06. The molecular formula is C29H22Br2ClNO4. The standard InChI is InChI=1S/C29H22Br2ClNO4/c1-3-16-12-13-21-27(35)33(19-11-7-10-18(32)14-19)28(36)29(21,17-8-5-4-6-9-17)23(16)20-15-22(37-2)26(34)25(31)24(20)30/h3-12,14-15,21,23,34H,1,13H2,2H3/t21-,23+,29+/m0/s1. The van der Waals surface area contributed by atoms with Crippen molar-refractivity contribution >= 4 is 61.0 Å². The largest absolute Gasteiger partial charge is 0.503 e. The Morgan fingerprint density at radius 3 is 2.49 bits per heavy atom. The molecule has 0 radical (unpaired) electrons. The van der Waals surface area contributed by atoms with Crippen molar-refractivity contribution in [1.29, 1.82) is 0 Å². The fourth-order valence-corrected chi connectivity index (χ4v) is 6.84. The third-order valence-electron chi connectivity index (χ3n) is 7.26. The van der Waals surface area contributed by atoms with Crippen LogP contribution in [-0.2, 0) is 15.0 Å². The Labute approximate surface area is 236 Å². The molecule has 0 unspecified atom stereocenters. The van der Waals surface area contributed by atoms with E-state index in [1.807, 2.05) is 36.4 Å². The number of ether oxygens (including phenoxy) is 1. The topological polar surface area (TPSA) is 66.8 Å². The minimum Gasteiger partial charge on any atom is -0.503 e. The van der Waals surface area contributed by atoms with Crippen LogP contribution in [-0.4, -0.2) is 24.0 Å². The van der Waals surface area contributed by atoms with Crippen molar-refractivity contribution in [3.63, 3.8) is 0 Å². The number of methoxy groups -OCH3 is 1. The molecule has 188 valence electrons. The number of halogens is 3. The van der Waals surface area contributed by atoms with Crippen LogP contribution in [0, 0.1) is 5.92 Å². The van der Waals surface area contributed by atoms with Gasteiger partial charge in [0.1, 0.15) is 0 Å². The molecule has 5 nitrogen and oxygen atoms in total. The molecule has 3 aromatic carbocycles. The van der Waals surface area contributed by atoms with E-state index in [4.69, 9.17) is 16.3 Å². The number of allylic oxidation sites excluding steroid dienone is 3. The van der Waals surface area contributed by atoms with E-state index >= 15 is 0 Å². The first-order valence-electron chi connectivity index (χ1n) is 11.5. The van der Waals surface area contributed by atoms with E-state index in [9.17, 15) is 14.7 Å². The van der Waals surface area contributed by atoms with E-state index < -0.39 is 17.3 Å². The molecule has 37 heavy (non-hydrogen) atoms. The fraction of sp³-hybridized carbons (Fsp3) is 0.172. The van der Waals surface area contributed by atoms with Crippen LogP contribution in [0.15, 0.2) is 93.9 Å². The highest BCUT2D eigenvalue weighted by Crippen LogP contribution is 2.60. The van der Waals surface area contributed by atoms with Gasteiger partial charge in [-0.15, -0.1) is 0 Å². The summed E-state index contributed by atoms with van der Waals surface area (Å²) < 4.78 is 6.40. The van der Waals surface area contributed by atoms with Gasteiger partial charge in [0.2, 0.25) is 11.8 Å². The number of imide groups is 1. The van der Waals surface area contributed by atoms with Gasteiger partial charge in [-0.3, -0.25) is 9.59 Å². The normalized spacial score (nSPS) is 23.0. The van der Waals surface area contributed by atoms with Crippen LogP contribution in [0.2, 0.25) is 5.02 Å². The molecule has 1 aliphatic heterocycles. The molecule has 2 amide bonds. The summed E-state index contributed by atoms with van der Waals surface area (Å²) in [5, 5.41) is 11.1. The lowest BCUT2D eigenvalue weighted by atomic mass is 9.56. The number of rotatable bonds is 5. The third kappa shape index (κ3) is 3.78. The maximum Gasteiger partial charge on any atom is 0.246 e. The molecule has 3 aromatic rings. The van der Waals surface area contributed by atoms with Crippen LogP contribution in [0.25, 0.3) is 0 Å². The number of phenols is 1. The van der Waals surface area contributed by atoms with Crippen molar-refractivity contribution in [2.24, 2.45) is 5.92 Å². The summed E-state index contributed by atoms with van der Waals surface area (Å²) in [4.78, 5) is 30.1. The SMILES string of the molecule is C=CC1=CC[C@H]2C(=O)N(c3cccc(Cl)c3)C(=O)[C@@]2(c2ccccc2)[C@H]1c1cc(OC)c(O)c(Br)c1Br. The van der Waals surface area contributed by atoms with E-state index in [2.05, 4.69) is 38.4 Å². The average Bonchev–Trinajstić information content (AvgIpc) is 3.14. The number of hydrogen-bond acceptors (Lipinski definition) is 4. The lowest BCUT2D eigenvalue weighted by Crippen LogP contribution is -2.48. The molecule has 2 aliphatic rings.